The van der Waals surface area contributed by atoms with Crippen LogP contribution in [0.1, 0.15) is 5.56 Å². The third kappa shape index (κ3) is 2.67. The Morgan fingerprint density at radius 1 is 1.50 bits per heavy atom. The van der Waals surface area contributed by atoms with Crippen LogP contribution in [0.2, 0.25) is 0 Å². The van der Waals surface area contributed by atoms with Crippen LogP contribution >= 0.6 is 0 Å². The fourth-order valence-electron chi connectivity index (χ4n) is 0.964. The second-order valence-electron chi connectivity index (χ2n) is 2.58. The maximum atomic E-state index is 3.43. The Bertz CT molecular complexity index is 304. The molecule has 0 saturated heterocycles. The molecule has 0 bridgehead atoms. The standard InChI is InChI=1S/C11H12N/c1-3-4-8-12-11-7-5-6-10(2)9-11/h5-7,9,12H,1,8H2,2H3. The maximum absolute atomic E-state index is 3.43. The van der Waals surface area contributed by atoms with E-state index in [4.69, 9.17) is 0 Å². The summed E-state index contributed by atoms with van der Waals surface area (Å²) in [5, 5.41) is 3.17. The minimum Gasteiger partial charge on any atom is -0.374 e. The van der Waals surface area contributed by atoms with E-state index < -0.39 is 0 Å². The molecule has 0 aliphatic heterocycles. The molecule has 0 unspecified atom stereocenters. The molecule has 12 heavy (non-hydrogen) atoms. The van der Waals surface area contributed by atoms with Gasteiger partial charge in [0.2, 0.25) is 0 Å². The average molecular weight is 158 g/mol. The minimum atomic E-state index is 0.660. The Kier molecular flexibility index (Phi) is 3.22. The Hall–Kier alpha value is -1.42. The van der Waals surface area contributed by atoms with Gasteiger partial charge >= 0.3 is 0 Å². The Morgan fingerprint density at radius 2 is 2.33 bits per heavy atom. The summed E-state index contributed by atoms with van der Waals surface area (Å²) < 4.78 is 0. The lowest BCUT2D eigenvalue weighted by Gasteiger charge is -2.01. The molecule has 61 valence electrons. The molecule has 0 amide bonds. The molecule has 0 aliphatic carbocycles. The van der Waals surface area contributed by atoms with Crippen molar-refractivity contribution in [2.24, 2.45) is 0 Å². The van der Waals surface area contributed by atoms with Crippen molar-refractivity contribution in [3.8, 4) is 11.8 Å². The minimum absolute atomic E-state index is 0.660. The lowest BCUT2D eigenvalue weighted by molar-refractivity contribution is 1.36. The topological polar surface area (TPSA) is 12.0 Å². The van der Waals surface area contributed by atoms with Crippen molar-refractivity contribution in [2.75, 3.05) is 11.9 Å². The molecule has 1 rings (SSSR count). The van der Waals surface area contributed by atoms with Crippen LogP contribution in [0, 0.1) is 25.7 Å². The predicted molar refractivity (Wildman–Crippen MR) is 52.8 cm³/mol. The van der Waals surface area contributed by atoms with Gasteiger partial charge in [-0.1, -0.05) is 18.1 Å². The van der Waals surface area contributed by atoms with E-state index in [9.17, 15) is 0 Å². The van der Waals surface area contributed by atoms with Gasteiger partial charge in [-0.3, -0.25) is 0 Å². The smallest absolute Gasteiger partial charge is 0.0765 e. The van der Waals surface area contributed by atoms with E-state index in [2.05, 4.69) is 43.1 Å². The van der Waals surface area contributed by atoms with Crippen LogP contribution in [-0.2, 0) is 0 Å². The van der Waals surface area contributed by atoms with Gasteiger partial charge in [-0.25, -0.2) is 0 Å². The molecule has 0 fully saturated rings. The molecule has 0 spiro atoms. The number of aryl methyl sites for hydroxylation is 1. The van der Waals surface area contributed by atoms with Gasteiger partial charge in [-0.05, 0) is 24.6 Å². The van der Waals surface area contributed by atoms with Crippen molar-refractivity contribution in [3.63, 3.8) is 0 Å². The van der Waals surface area contributed by atoms with Gasteiger partial charge < -0.3 is 5.32 Å². The van der Waals surface area contributed by atoms with Crippen LogP contribution < -0.4 is 5.32 Å². The summed E-state index contributed by atoms with van der Waals surface area (Å²) in [6.45, 7) is 6.16. The van der Waals surface area contributed by atoms with Gasteiger partial charge in [-0.2, -0.15) is 0 Å². The first kappa shape index (κ1) is 8.67. The number of rotatable bonds is 2. The second kappa shape index (κ2) is 4.46. The molecular formula is C11H12N. The summed E-state index contributed by atoms with van der Waals surface area (Å²) >= 11 is 0. The highest BCUT2D eigenvalue weighted by Crippen LogP contribution is 2.08. The highest BCUT2D eigenvalue weighted by Gasteiger charge is 1.88. The molecule has 1 heteroatoms. The number of hydrogen-bond donors (Lipinski definition) is 1. The zero-order valence-corrected chi connectivity index (χ0v) is 7.22. The van der Waals surface area contributed by atoms with E-state index in [1.165, 1.54) is 5.56 Å². The molecule has 0 heterocycles. The van der Waals surface area contributed by atoms with Crippen LogP contribution in [0.5, 0.6) is 0 Å². The average Bonchev–Trinajstić information content (AvgIpc) is 2.05. The maximum Gasteiger partial charge on any atom is 0.0765 e. The molecule has 1 aromatic carbocycles. The van der Waals surface area contributed by atoms with Gasteiger partial charge in [-0.15, -0.1) is 5.92 Å². The monoisotopic (exact) mass is 158 g/mol. The van der Waals surface area contributed by atoms with Crippen LogP contribution in [0.4, 0.5) is 5.69 Å². The molecule has 0 atom stereocenters. The molecule has 0 saturated carbocycles. The van der Waals surface area contributed by atoms with Crippen LogP contribution in [0.25, 0.3) is 0 Å². The quantitative estimate of drug-likeness (QED) is 0.651. The summed E-state index contributed by atoms with van der Waals surface area (Å²) in [5.74, 6) is 5.43. The Morgan fingerprint density at radius 3 is 3.00 bits per heavy atom. The zero-order valence-electron chi connectivity index (χ0n) is 7.22. The largest absolute Gasteiger partial charge is 0.374 e. The van der Waals surface area contributed by atoms with Crippen molar-refractivity contribution in [3.05, 3.63) is 36.8 Å². The molecule has 0 aliphatic rings. The third-order valence-corrected chi connectivity index (χ3v) is 1.52. The van der Waals surface area contributed by atoms with Crippen molar-refractivity contribution in [2.45, 2.75) is 6.92 Å². The Balaban J connectivity index is 2.55. The van der Waals surface area contributed by atoms with Crippen molar-refractivity contribution >= 4 is 5.69 Å². The highest BCUT2D eigenvalue weighted by molar-refractivity contribution is 5.46. The van der Waals surface area contributed by atoms with E-state index in [0.717, 1.165) is 5.69 Å². The number of benzene rings is 1. The highest BCUT2D eigenvalue weighted by atomic mass is 14.8. The van der Waals surface area contributed by atoms with Gasteiger partial charge in [0.25, 0.3) is 0 Å². The molecule has 1 nitrogen and oxygen atoms in total. The second-order valence-corrected chi connectivity index (χ2v) is 2.58. The normalized spacial score (nSPS) is 8.50. The van der Waals surface area contributed by atoms with Gasteiger partial charge in [0, 0.05) is 12.6 Å². The number of anilines is 1. The van der Waals surface area contributed by atoms with Gasteiger partial charge in [0.05, 0.1) is 6.54 Å². The molecular weight excluding hydrogens is 146 g/mol. The zero-order chi connectivity index (χ0) is 8.81. The van der Waals surface area contributed by atoms with Crippen LogP contribution in [-0.4, -0.2) is 6.54 Å². The van der Waals surface area contributed by atoms with Gasteiger partial charge in [0.15, 0.2) is 0 Å². The van der Waals surface area contributed by atoms with E-state index in [-0.39, 0.29) is 0 Å². The summed E-state index contributed by atoms with van der Waals surface area (Å²) in [7, 11) is 0. The summed E-state index contributed by atoms with van der Waals surface area (Å²) in [4.78, 5) is 0. The lowest BCUT2D eigenvalue weighted by Crippen LogP contribution is -1.98. The third-order valence-electron chi connectivity index (χ3n) is 1.52. The number of hydrogen-bond acceptors (Lipinski definition) is 1. The SMILES string of the molecule is [CH2]C#CCNc1cccc(C)c1. The summed E-state index contributed by atoms with van der Waals surface area (Å²) in [6, 6.07) is 8.20. The number of nitrogens with one attached hydrogen (secondary N) is 1. The van der Waals surface area contributed by atoms with Crippen LogP contribution in [0.15, 0.2) is 24.3 Å². The summed E-state index contributed by atoms with van der Waals surface area (Å²) in [6.07, 6.45) is 0. The van der Waals surface area contributed by atoms with E-state index in [1.807, 2.05) is 12.1 Å². The van der Waals surface area contributed by atoms with E-state index in [0.29, 0.717) is 6.54 Å². The first-order valence-electron chi connectivity index (χ1n) is 3.88. The molecule has 1 aromatic rings. The fourth-order valence-corrected chi connectivity index (χ4v) is 0.964. The van der Waals surface area contributed by atoms with Crippen molar-refractivity contribution in [1.82, 2.24) is 0 Å². The summed E-state index contributed by atoms with van der Waals surface area (Å²) in [5.41, 5.74) is 2.36. The van der Waals surface area contributed by atoms with E-state index >= 15 is 0 Å². The van der Waals surface area contributed by atoms with Crippen LogP contribution in [0.3, 0.4) is 0 Å². The Labute approximate surface area is 73.8 Å². The lowest BCUT2D eigenvalue weighted by atomic mass is 10.2. The van der Waals surface area contributed by atoms with Crippen molar-refractivity contribution < 1.29 is 0 Å². The van der Waals surface area contributed by atoms with Crippen molar-refractivity contribution in [1.29, 1.82) is 0 Å². The molecule has 1 N–H and O–H groups in total. The first-order valence-corrected chi connectivity index (χ1v) is 3.88. The predicted octanol–water partition coefficient (Wildman–Crippen LogP) is 2.24. The fraction of sp³-hybridized carbons (Fsp3) is 0.182. The first-order chi connectivity index (χ1) is 5.83. The molecule has 1 radical (unpaired) electrons. The molecule has 0 aromatic heterocycles. The van der Waals surface area contributed by atoms with E-state index in [1.54, 1.807) is 0 Å². The van der Waals surface area contributed by atoms with Gasteiger partial charge in [0.1, 0.15) is 0 Å².